The molecule has 2 N–H and O–H groups in total. The van der Waals surface area contributed by atoms with Crippen LogP contribution in [-0.4, -0.2) is 37.4 Å². The van der Waals surface area contributed by atoms with Crippen LogP contribution in [0.3, 0.4) is 0 Å². The first-order chi connectivity index (χ1) is 8.58. The van der Waals surface area contributed by atoms with E-state index >= 15 is 0 Å². The highest BCUT2D eigenvalue weighted by Crippen LogP contribution is 2.18. The zero-order chi connectivity index (χ0) is 13.1. The molecule has 0 spiro atoms. The summed E-state index contributed by atoms with van der Waals surface area (Å²) in [6, 6.07) is 4.20. The van der Waals surface area contributed by atoms with Crippen LogP contribution >= 0.6 is 11.8 Å². The van der Waals surface area contributed by atoms with Gasteiger partial charge in [0.15, 0.2) is 0 Å². The van der Waals surface area contributed by atoms with E-state index in [0.717, 1.165) is 5.56 Å². The van der Waals surface area contributed by atoms with Gasteiger partial charge in [-0.25, -0.2) is 9.07 Å². The summed E-state index contributed by atoms with van der Waals surface area (Å²) in [6.45, 7) is 0. The van der Waals surface area contributed by atoms with Gasteiger partial charge in [0.1, 0.15) is 5.82 Å². The third kappa shape index (κ3) is 2.86. The van der Waals surface area contributed by atoms with Gasteiger partial charge in [-0.05, 0) is 22.1 Å². The van der Waals surface area contributed by atoms with E-state index in [1.807, 2.05) is 0 Å². The lowest BCUT2D eigenvalue weighted by atomic mass is 9.79. The minimum atomic E-state index is -1.81. The van der Waals surface area contributed by atoms with Gasteiger partial charge in [-0.3, -0.25) is 0 Å². The molecular formula is C9H10BFN4O2S. The molecule has 0 aliphatic carbocycles. The van der Waals surface area contributed by atoms with Gasteiger partial charge in [-0.15, -0.1) is 5.10 Å². The Morgan fingerprint density at radius 1 is 1.44 bits per heavy atom. The molecule has 0 unspecified atom stereocenters. The second kappa shape index (κ2) is 5.47. The van der Waals surface area contributed by atoms with Crippen LogP contribution in [0, 0.1) is 5.82 Å². The van der Waals surface area contributed by atoms with E-state index < -0.39 is 12.9 Å². The summed E-state index contributed by atoms with van der Waals surface area (Å²) in [5.74, 6) is -0.132. The van der Waals surface area contributed by atoms with Crippen molar-refractivity contribution in [2.24, 2.45) is 7.05 Å². The Morgan fingerprint density at radius 2 is 2.22 bits per heavy atom. The Hall–Kier alpha value is -1.45. The maximum absolute atomic E-state index is 13.2. The number of halogens is 1. The molecule has 0 radical (unpaired) electrons. The summed E-state index contributed by atoms with van der Waals surface area (Å²) in [4.78, 5) is 0. The number of thioether (sulfide) groups is 1. The fraction of sp³-hybridized carbons (Fsp3) is 0.222. The van der Waals surface area contributed by atoms with Crippen molar-refractivity contribution in [3.05, 3.63) is 29.6 Å². The maximum atomic E-state index is 13.2. The van der Waals surface area contributed by atoms with Crippen molar-refractivity contribution in [1.82, 2.24) is 20.2 Å². The normalized spacial score (nSPS) is 10.7. The molecule has 0 saturated heterocycles. The molecule has 1 aromatic carbocycles. The molecule has 94 valence electrons. The molecule has 2 rings (SSSR count). The zero-order valence-electron chi connectivity index (χ0n) is 9.49. The van der Waals surface area contributed by atoms with Crippen LogP contribution in [0.25, 0.3) is 0 Å². The van der Waals surface area contributed by atoms with E-state index in [2.05, 4.69) is 15.5 Å². The van der Waals surface area contributed by atoms with Crippen molar-refractivity contribution in [3.8, 4) is 0 Å². The van der Waals surface area contributed by atoms with E-state index in [4.69, 9.17) is 10.0 Å². The summed E-state index contributed by atoms with van der Waals surface area (Å²) in [5, 5.41) is 29.6. The standard InChI is InChI=1S/C9H10BFN4O2S/c1-15-9(12-13-14-15)18-5-6-2-3-8(11)7(4-6)10(16)17/h2-4,16-17H,5H2,1H3. The van der Waals surface area contributed by atoms with Gasteiger partial charge in [0.05, 0.1) is 0 Å². The molecule has 0 aliphatic rings. The first-order valence-electron chi connectivity index (χ1n) is 5.07. The minimum Gasteiger partial charge on any atom is -0.423 e. The molecule has 0 aliphatic heterocycles. The van der Waals surface area contributed by atoms with Crippen molar-refractivity contribution < 1.29 is 14.4 Å². The van der Waals surface area contributed by atoms with Crippen LogP contribution in [0.1, 0.15) is 5.56 Å². The Labute approximate surface area is 107 Å². The van der Waals surface area contributed by atoms with Crippen LogP contribution in [0.4, 0.5) is 4.39 Å². The average Bonchev–Trinajstić information content (AvgIpc) is 2.73. The van der Waals surface area contributed by atoms with Crippen LogP contribution in [0.2, 0.25) is 0 Å². The topological polar surface area (TPSA) is 84.1 Å². The molecule has 2 aromatic rings. The first-order valence-corrected chi connectivity index (χ1v) is 6.06. The highest BCUT2D eigenvalue weighted by Gasteiger charge is 2.17. The molecule has 0 saturated carbocycles. The predicted octanol–water partition coefficient (Wildman–Crippen LogP) is -0.679. The van der Waals surface area contributed by atoms with Gasteiger partial charge >= 0.3 is 7.12 Å². The quantitative estimate of drug-likeness (QED) is 0.564. The van der Waals surface area contributed by atoms with Crippen molar-refractivity contribution >= 4 is 24.3 Å². The molecule has 0 bridgehead atoms. The number of rotatable bonds is 4. The molecule has 1 aromatic heterocycles. The number of benzene rings is 1. The van der Waals surface area contributed by atoms with Gasteiger partial charge in [0, 0.05) is 18.3 Å². The average molecular weight is 268 g/mol. The highest BCUT2D eigenvalue weighted by molar-refractivity contribution is 7.98. The zero-order valence-corrected chi connectivity index (χ0v) is 10.3. The van der Waals surface area contributed by atoms with Crippen LogP contribution < -0.4 is 5.46 Å². The molecule has 0 fully saturated rings. The Bertz CT molecular complexity index is 551. The van der Waals surface area contributed by atoms with Gasteiger partial charge in [-0.1, -0.05) is 23.9 Å². The van der Waals surface area contributed by atoms with Gasteiger partial charge in [0.2, 0.25) is 5.16 Å². The van der Waals surface area contributed by atoms with Crippen molar-refractivity contribution in [2.45, 2.75) is 10.9 Å². The minimum absolute atomic E-state index is 0.135. The van der Waals surface area contributed by atoms with Gasteiger partial charge in [0.25, 0.3) is 0 Å². The third-order valence-electron chi connectivity index (χ3n) is 2.29. The lowest BCUT2D eigenvalue weighted by Gasteiger charge is -2.05. The fourth-order valence-corrected chi connectivity index (χ4v) is 2.17. The SMILES string of the molecule is Cn1nnnc1SCc1ccc(F)c(B(O)O)c1. The molecule has 0 atom stereocenters. The monoisotopic (exact) mass is 268 g/mol. The van der Waals surface area contributed by atoms with E-state index in [9.17, 15) is 4.39 Å². The molecule has 0 amide bonds. The van der Waals surface area contributed by atoms with E-state index in [1.165, 1.54) is 28.6 Å². The molecular weight excluding hydrogens is 258 g/mol. The lowest BCUT2D eigenvalue weighted by Crippen LogP contribution is -2.33. The summed E-state index contributed by atoms with van der Waals surface area (Å²) >= 11 is 1.37. The summed E-state index contributed by atoms with van der Waals surface area (Å²) in [5.41, 5.74) is 0.622. The third-order valence-corrected chi connectivity index (χ3v) is 3.37. The Balaban J connectivity index is 2.10. The smallest absolute Gasteiger partial charge is 0.423 e. The van der Waals surface area contributed by atoms with Crippen LogP contribution in [0.15, 0.2) is 23.4 Å². The number of aryl methyl sites for hydroxylation is 1. The number of hydrogen-bond donors (Lipinski definition) is 2. The Morgan fingerprint density at radius 3 is 2.83 bits per heavy atom. The van der Waals surface area contributed by atoms with Crippen molar-refractivity contribution in [3.63, 3.8) is 0 Å². The van der Waals surface area contributed by atoms with E-state index in [1.54, 1.807) is 13.1 Å². The lowest BCUT2D eigenvalue weighted by molar-refractivity contribution is 0.423. The molecule has 1 heterocycles. The van der Waals surface area contributed by atoms with E-state index in [-0.39, 0.29) is 5.46 Å². The van der Waals surface area contributed by atoms with Crippen molar-refractivity contribution in [1.29, 1.82) is 0 Å². The highest BCUT2D eigenvalue weighted by atomic mass is 32.2. The molecule has 9 heteroatoms. The van der Waals surface area contributed by atoms with E-state index in [0.29, 0.717) is 10.9 Å². The first kappa shape index (κ1) is 13.0. The number of tetrazole rings is 1. The maximum Gasteiger partial charge on any atom is 0.491 e. The summed E-state index contributed by atoms with van der Waals surface area (Å²) < 4.78 is 14.8. The summed E-state index contributed by atoms with van der Waals surface area (Å²) in [6.07, 6.45) is 0. The number of aromatic nitrogens is 4. The van der Waals surface area contributed by atoms with Crippen molar-refractivity contribution in [2.75, 3.05) is 0 Å². The predicted molar refractivity (Wildman–Crippen MR) is 64.6 cm³/mol. The van der Waals surface area contributed by atoms with Crippen LogP contribution in [-0.2, 0) is 12.8 Å². The summed E-state index contributed by atoms with van der Waals surface area (Å²) in [7, 11) is -0.0953. The van der Waals surface area contributed by atoms with Gasteiger partial charge < -0.3 is 10.0 Å². The van der Waals surface area contributed by atoms with Crippen LogP contribution in [0.5, 0.6) is 0 Å². The molecule has 18 heavy (non-hydrogen) atoms. The largest absolute Gasteiger partial charge is 0.491 e. The number of hydrogen-bond acceptors (Lipinski definition) is 6. The van der Waals surface area contributed by atoms with Gasteiger partial charge in [-0.2, -0.15) is 0 Å². The fourth-order valence-electron chi connectivity index (χ4n) is 1.37. The second-order valence-electron chi connectivity index (χ2n) is 3.60. The Kier molecular flexibility index (Phi) is 3.95. The second-order valence-corrected chi connectivity index (χ2v) is 4.55. The molecule has 6 nitrogen and oxygen atoms in total. The number of nitrogens with zero attached hydrogens (tertiary/aromatic N) is 4.